The molecule has 1 aliphatic rings. The van der Waals surface area contributed by atoms with Crippen LogP contribution < -0.4 is 5.32 Å². The molecule has 0 aliphatic carbocycles. The Labute approximate surface area is 123 Å². The summed E-state index contributed by atoms with van der Waals surface area (Å²) < 4.78 is 9.76. The topological polar surface area (TPSA) is 67.4 Å². The van der Waals surface area contributed by atoms with Gasteiger partial charge in [-0.1, -0.05) is 18.3 Å². The zero-order valence-electron chi connectivity index (χ0n) is 12.3. The molecule has 0 spiro atoms. The number of hydrogen-bond acceptors (Lipinski definition) is 5. The summed E-state index contributed by atoms with van der Waals surface area (Å²) in [5.41, 5.74) is 0.884. The Morgan fingerprint density at radius 2 is 2.05 bits per heavy atom. The number of urea groups is 1. The lowest BCUT2D eigenvalue weighted by atomic mass is 10.1. The Hall–Kier alpha value is -1.21. The maximum absolute atomic E-state index is 12.3. The molecule has 1 aliphatic heterocycles. The fourth-order valence-electron chi connectivity index (χ4n) is 2.22. The Balaban J connectivity index is 1.89. The molecule has 0 radical (unpaired) electrons. The highest BCUT2D eigenvalue weighted by Gasteiger charge is 2.28. The Kier molecular flexibility index (Phi) is 5.31. The standard InChI is InChI=1S/C13H22N4O2S/c1-4-10-7-17(8-11(5-2)19-10)13(18)14-6-12-9(3)15-16-20-12/h10-11H,4-8H2,1-3H3,(H,14,18). The number of rotatable bonds is 4. The molecule has 1 aromatic heterocycles. The van der Waals surface area contributed by atoms with Gasteiger partial charge in [-0.25, -0.2) is 4.79 Å². The van der Waals surface area contributed by atoms with Crippen molar-refractivity contribution >= 4 is 17.6 Å². The summed E-state index contributed by atoms with van der Waals surface area (Å²) >= 11 is 1.33. The molecule has 0 saturated carbocycles. The molecule has 1 saturated heterocycles. The zero-order chi connectivity index (χ0) is 14.5. The number of morpholine rings is 1. The molecule has 2 rings (SSSR count). The quantitative estimate of drug-likeness (QED) is 0.922. The fraction of sp³-hybridized carbons (Fsp3) is 0.769. The lowest BCUT2D eigenvalue weighted by Crippen LogP contribution is -2.52. The van der Waals surface area contributed by atoms with E-state index in [1.54, 1.807) is 0 Å². The number of aryl methyl sites for hydroxylation is 1. The van der Waals surface area contributed by atoms with Gasteiger partial charge in [-0.3, -0.25) is 0 Å². The van der Waals surface area contributed by atoms with Crippen molar-refractivity contribution in [2.24, 2.45) is 0 Å². The molecule has 0 aromatic carbocycles. The van der Waals surface area contributed by atoms with Gasteiger partial charge >= 0.3 is 6.03 Å². The third-order valence-corrected chi connectivity index (χ3v) is 4.40. The van der Waals surface area contributed by atoms with Crippen molar-refractivity contribution in [3.63, 3.8) is 0 Å². The first-order valence-corrected chi connectivity index (χ1v) is 7.87. The summed E-state index contributed by atoms with van der Waals surface area (Å²) in [4.78, 5) is 15.1. The van der Waals surface area contributed by atoms with E-state index >= 15 is 0 Å². The van der Waals surface area contributed by atoms with Crippen LogP contribution in [0.3, 0.4) is 0 Å². The fourth-order valence-corrected chi connectivity index (χ4v) is 2.79. The van der Waals surface area contributed by atoms with E-state index in [2.05, 4.69) is 28.8 Å². The van der Waals surface area contributed by atoms with Crippen molar-refractivity contribution in [3.05, 3.63) is 10.6 Å². The van der Waals surface area contributed by atoms with Crippen LogP contribution in [0.25, 0.3) is 0 Å². The number of carbonyl (C=O) groups excluding carboxylic acids is 1. The normalized spacial score (nSPS) is 22.9. The molecule has 2 atom stereocenters. The van der Waals surface area contributed by atoms with Gasteiger partial charge in [0.25, 0.3) is 0 Å². The maximum atomic E-state index is 12.3. The zero-order valence-corrected chi connectivity index (χ0v) is 13.1. The van der Waals surface area contributed by atoms with E-state index in [1.807, 2.05) is 11.8 Å². The molecule has 2 unspecified atom stereocenters. The van der Waals surface area contributed by atoms with E-state index in [4.69, 9.17) is 4.74 Å². The van der Waals surface area contributed by atoms with Crippen molar-refractivity contribution in [1.29, 1.82) is 0 Å². The van der Waals surface area contributed by atoms with Crippen molar-refractivity contribution in [3.8, 4) is 0 Å². The van der Waals surface area contributed by atoms with Crippen LogP contribution in [-0.4, -0.2) is 45.8 Å². The van der Waals surface area contributed by atoms with Gasteiger partial charge in [-0.15, -0.1) is 5.10 Å². The molecule has 1 N–H and O–H groups in total. The predicted molar refractivity (Wildman–Crippen MR) is 77.7 cm³/mol. The summed E-state index contributed by atoms with van der Waals surface area (Å²) in [6, 6.07) is -0.0296. The average Bonchev–Trinajstić information content (AvgIpc) is 2.89. The highest BCUT2D eigenvalue weighted by atomic mass is 32.1. The molecule has 1 fully saturated rings. The monoisotopic (exact) mass is 298 g/mol. The van der Waals surface area contributed by atoms with Crippen LogP contribution in [0.15, 0.2) is 0 Å². The molecule has 1 aromatic rings. The first-order chi connectivity index (χ1) is 9.63. The SMILES string of the molecule is CCC1CN(C(=O)NCc2snnc2C)CC(CC)O1. The van der Waals surface area contributed by atoms with Crippen molar-refractivity contribution in [2.45, 2.75) is 52.4 Å². The van der Waals surface area contributed by atoms with Gasteiger partial charge in [0.1, 0.15) is 0 Å². The smallest absolute Gasteiger partial charge is 0.317 e. The van der Waals surface area contributed by atoms with Gasteiger partial charge in [0.05, 0.1) is 29.3 Å². The van der Waals surface area contributed by atoms with Crippen LogP contribution in [0.1, 0.15) is 37.3 Å². The van der Waals surface area contributed by atoms with Crippen LogP contribution in [0.5, 0.6) is 0 Å². The lowest BCUT2D eigenvalue weighted by Gasteiger charge is -2.37. The highest BCUT2D eigenvalue weighted by Crippen LogP contribution is 2.16. The molecule has 2 amide bonds. The van der Waals surface area contributed by atoms with Gasteiger partial charge in [0.2, 0.25) is 0 Å². The van der Waals surface area contributed by atoms with Crippen LogP contribution in [0.2, 0.25) is 0 Å². The van der Waals surface area contributed by atoms with E-state index < -0.39 is 0 Å². The van der Waals surface area contributed by atoms with Crippen LogP contribution in [0.4, 0.5) is 4.79 Å². The summed E-state index contributed by atoms with van der Waals surface area (Å²) in [6.07, 6.45) is 2.15. The first-order valence-electron chi connectivity index (χ1n) is 7.10. The number of hydrogen-bond donors (Lipinski definition) is 1. The number of nitrogens with zero attached hydrogens (tertiary/aromatic N) is 3. The van der Waals surface area contributed by atoms with E-state index in [0.29, 0.717) is 19.6 Å². The summed E-state index contributed by atoms with van der Waals surface area (Å²) in [5.74, 6) is 0. The number of aromatic nitrogens is 2. The molecule has 6 nitrogen and oxygen atoms in total. The summed E-state index contributed by atoms with van der Waals surface area (Å²) in [6.45, 7) is 7.90. The minimum atomic E-state index is -0.0296. The van der Waals surface area contributed by atoms with Crippen LogP contribution in [0, 0.1) is 6.92 Å². The third kappa shape index (κ3) is 3.67. The minimum Gasteiger partial charge on any atom is -0.371 e. The minimum absolute atomic E-state index is 0.0296. The second kappa shape index (κ2) is 6.99. The van der Waals surface area contributed by atoms with Gasteiger partial charge in [-0.2, -0.15) is 0 Å². The van der Waals surface area contributed by atoms with Crippen molar-refractivity contribution in [1.82, 2.24) is 19.8 Å². The molecule has 2 heterocycles. The predicted octanol–water partition coefficient (Wildman–Crippen LogP) is 1.95. The molecular formula is C13H22N4O2S. The Bertz CT molecular complexity index is 439. The van der Waals surface area contributed by atoms with Gasteiger partial charge in [0, 0.05) is 13.1 Å². The lowest BCUT2D eigenvalue weighted by molar-refractivity contribution is -0.0743. The molecule has 7 heteroatoms. The number of amides is 2. The van der Waals surface area contributed by atoms with Gasteiger partial charge in [0.15, 0.2) is 0 Å². The van der Waals surface area contributed by atoms with Crippen LogP contribution in [-0.2, 0) is 11.3 Å². The average molecular weight is 298 g/mol. The Morgan fingerprint density at radius 1 is 1.40 bits per heavy atom. The number of ether oxygens (including phenoxy) is 1. The highest BCUT2D eigenvalue weighted by molar-refractivity contribution is 7.05. The van der Waals surface area contributed by atoms with E-state index in [9.17, 15) is 4.79 Å². The summed E-state index contributed by atoms with van der Waals surface area (Å²) in [7, 11) is 0. The van der Waals surface area contributed by atoms with Gasteiger partial charge in [-0.05, 0) is 31.3 Å². The van der Waals surface area contributed by atoms with Gasteiger partial charge < -0.3 is 15.0 Å². The van der Waals surface area contributed by atoms with E-state index in [1.165, 1.54) is 11.5 Å². The number of carbonyl (C=O) groups is 1. The third-order valence-electron chi connectivity index (χ3n) is 3.58. The second-order valence-corrected chi connectivity index (χ2v) is 5.88. The van der Waals surface area contributed by atoms with Crippen LogP contribution >= 0.6 is 11.5 Å². The molecule has 0 bridgehead atoms. The van der Waals surface area contributed by atoms with Crippen molar-refractivity contribution in [2.75, 3.05) is 13.1 Å². The molecule has 112 valence electrons. The second-order valence-electron chi connectivity index (χ2n) is 5.04. The molecular weight excluding hydrogens is 276 g/mol. The molecule has 20 heavy (non-hydrogen) atoms. The Morgan fingerprint density at radius 3 is 2.55 bits per heavy atom. The maximum Gasteiger partial charge on any atom is 0.317 e. The number of nitrogens with one attached hydrogen (secondary N) is 1. The summed E-state index contributed by atoms with van der Waals surface area (Å²) in [5, 5.41) is 6.89. The van der Waals surface area contributed by atoms with E-state index in [0.717, 1.165) is 23.4 Å². The first kappa shape index (κ1) is 15.2. The van der Waals surface area contributed by atoms with E-state index in [-0.39, 0.29) is 18.2 Å². The largest absolute Gasteiger partial charge is 0.371 e. The van der Waals surface area contributed by atoms with Crippen molar-refractivity contribution < 1.29 is 9.53 Å².